The molecule has 1 aromatic carbocycles. The van der Waals surface area contributed by atoms with Gasteiger partial charge >= 0.3 is 11.6 Å². The number of carboxylic acid groups (broad SMARTS) is 1. The van der Waals surface area contributed by atoms with E-state index in [0.29, 0.717) is 12.1 Å². The van der Waals surface area contributed by atoms with Gasteiger partial charge < -0.3 is 9.52 Å². The van der Waals surface area contributed by atoms with Crippen molar-refractivity contribution in [2.45, 2.75) is 32.9 Å². The number of carboxylic acids is 1. The molecule has 0 saturated carbocycles. The molecule has 112 valence electrons. The molecule has 2 rings (SSSR count). The third-order valence-corrected chi connectivity index (χ3v) is 3.87. The van der Waals surface area contributed by atoms with E-state index in [9.17, 15) is 14.7 Å². The lowest BCUT2D eigenvalue weighted by molar-refractivity contribution is -0.148. The third-order valence-electron chi connectivity index (χ3n) is 3.87. The average Bonchev–Trinajstić information content (AvgIpc) is 2.37. The summed E-state index contributed by atoms with van der Waals surface area (Å²) < 4.78 is 5.21. The van der Waals surface area contributed by atoms with Crippen LogP contribution in [0.2, 0.25) is 0 Å². The van der Waals surface area contributed by atoms with Crippen LogP contribution in [0.5, 0.6) is 0 Å². The molecule has 0 aliphatic rings. The predicted molar refractivity (Wildman–Crippen MR) is 80.4 cm³/mol. The van der Waals surface area contributed by atoms with Crippen molar-refractivity contribution in [1.82, 2.24) is 4.90 Å². The van der Waals surface area contributed by atoms with Crippen LogP contribution in [0.15, 0.2) is 33.5 Å². The quantitative estimate of drug-likeness (QED) is 0.875. The number of aliphatic carboxylic acids is 1. The summed E-state index contributed by atoms with van der Waals surface area (Å²) in [5, 5.41) is 10.1. The molecule has 5 nitrogen and oxygen atoms in total. The standard InChI is InChI=1S/C16H19NO4/c1-10-5-6-12-11(8-14(18)21-13(12)7-10)9-17(4)16(2,3)15(19)20/h5-8H,9H2,1-4H3,(H,19,20). The lowest BCUT2D eigenvalue weighted by atomic mass is 10.0. The molecule has 21 heavy (non-hydrogen) atoms. The number of likely N-dealkylation sites (N-methyl/N-ethyl adjacent to an activating group) is 1. The molecule has 1 heterocycles. The normalized spacial score (nSPS) is 12.0. The molecule has 0 aliphatic heterocycles. The summed E-state index contributed by atoms with van der Waals surface area (Å²) in [6, 6.07) is 7.06. The van der Waals surface area contributed by atoms with E-state index in [1.807, 2.05) is 25.1 Å². The van der Waals surface area contributed by atoms with E-state index < -0.39 is 17.1 Å². The monoisotopic (exact) mass is 289 g/mol. The zero-order valence-electron chi connectivity index (χ0n) is 12.6. The fourth-order valence-electron chi connectivity index (χ4n) is 2.08. The van der Waals surface area contributed by atoms with Crippen molar-refractivity contribution in [2.24, 2.45) is 0 Å². The molecule has 1 aromatic heterocycles. The first-order valence-corrected chi connectivity index (χ1v) is 6.70. The maximum Gasteiger partial charge on any atom is 0.336 e. The van der Waals surface area contributed by atoms with Crippen molar-refractivity contribution in [3.8, 4) is 0 Å². The number of fused-ring (bicyclic) bond motifs is 1. The summed E-state index contributed by atoms with van der Waals surface area (Å²) in [5.41, 5.74) is 0.844. The van der Waals surface area contributed by atoms with Crippen LogP contribution in [0, 0.1) is 6.92 Å². The van der Waals surface area contributed by atoms with Gasteiger partial charge in [0.15, 0.2) is 0 Å². The molecule has 0 spiro atoms. The van der Waals surface area contributed by atoms with Crippen molar-refractivity contribution in [3.63, 3.8) is 0 Å². The SMILES string of the molecule is Cc1ccc2c(CN(C)C(C)(C)C(=O)O)cc(=O)oc2c1. The van der Waals surface area contributed by atoms with Crippen LogP contribution in [0.25, 0.3) is 11.0 Å². The average molecular weight is 289 g/mol. The second kappa shape index (κ2) is 5.33. The molecule has 0 atom stereocenters. The molecule has 0 bridgehead atoms. The van der Waals surface area contributed by atoms with Crippen LogP contribution < -0.4 is 5.63 Å². The molecule has 0 amide bonds. The molecule has 1 N–H and O–H groups in total. The van der Waals surface area contributed by atoms with Gasteiger partial charge in [-0.15, -0.1) is 0 Å². The van der Waals surface area contributed by atoms with Gasteiger partial charge in [0.2, 0.25) is 0 Å². The highest BCUT2D eigenvalue weighted by molar-refractivity contribution is 5.81. The number of rotatable bonds is 4. The van der Waals surface area contributed by atoms with Gasteiger partial charge in [-0.2, -0.15) is 0 Å². The molecular weight excluding hydrogens is 270 g/mol. The van der Waals surface area contributed by atoms with Crippen molar-refractivity contribution >= 4 is 16.9 Å². The summed E-state index contributed by atoms with van der Waals surface area (Å²) in [4.78, 5) is 24.7. The third kappa shape index (κ3) is 2.97. The Morgan fingerprint density at radius 3 is 2.62 bits per heavy atom. The van der Waals surface area contributed by atoms with Gasteiger partial charge in [0.25, 0.3) is 0 Å². The molecule has 0 saturated heterocycles. The van der Waals surface area contributed by atoms with Crippen LogP contribution in [-0.4, -0.2) is 28.6 Å². The smallest absolute Gasteiger partial charge is 0.336 e. The van der Waals surface area contributed by atoms with Crippen LogP contribution in [-0.2, 0) is 11.3 Å². The van der Waals surface area contributed by atoms with Crippen molar-refractivity contribution < 1.29 is 14.3 Å². The van der Waals surface area contributed by atoms with E-state index in [0.717, 1.165) is 16.5 Å². The number of nitrogens with zero attached hydrogens (tertiary/aromatic N) is 1. The summed E-state index contributed by atoms with van der Waals surface area (Å²) >= 11 is 0. The Hall–Kier alpha value is -2.14. The van der Waals surface area contributed by atoms with Gasteiger partial charge in [-0.3, -0.25) is 9.69 Å². The summed E-state index contributed by atoms with van der Waals surface area (Å²) in [7, 11) is 1.72. The van der Waals surface area contributed by atoms with E-state index in [1.54, 1.807) is 25.8 Å². The first kappa shape index (κ1) is 15.3. The van der Waals surface area contributed by atoms with Crippen LogP contribution >= 0.6 is 0 Å². The number of hydrogen-bond donors (Lipinski definition) is 1. The van der Waals surface area contributed by atoms with E-state index in [1.165, 1.54) is 6.07 Å². The highest BCUT2D eigenvalue weighted by Crippen LogP contribution is 2.22. The number of aryl methyl sites for hydroxylation is 1. The molecular formula is C16H19NO4. The van der Waals surface area contributed by atoms with Gasteiger partial charge in [0.05, 0.1) is 0 Å². The van der Waals surface area contributed by atoms with Gasteiger partial charge in [-0.25, -0.2) is 4.79 Å². The largest absolute Gasteiger partial charge is 0.480 e. The minimum atomic E-state index is -1.02. The van der Waals surface area contributed by atoms with Crippen LogP contribution in [0.1, 0.15) is 25.0 Å². The molecule has 5 heteroatoms. The zero-order valence-corrected chi connectivity index (χ0v) is 12.6. The molecule has 2 aromatic rings. The highest BCUT2D eigenvalue weighted by Gasteiger charge is 2.32. The highest BCUT2D eigenvalue weighted by atomic mass is 16.4. The van der Waals surface area contributed by atoms with Gasteiger partial charge in [-0.05, 0) is 45.0 Å². The Kier molecular flexibility index (Phi) is 3.87. The predicted octanol–water partition coefficient (Wildman–Crippen LogP) is 2.40. The number of carbonyl (C=O) groups is 1. The van der Waals surface area contributed by atoms with Gasteiger partial charge in [0, 0.05) is 18.0 Å². The summed E-state index contributed by atoms with van der Waals surface area (Å²) in [6.45, 7) is 5.54. The van der Waals surface area contributed by atoms with E-state index in [4.69, 9.17) is 4.42 Å². The summed E-state index contributed by atoms with van der Waals surface area (Å²) in [6.07, 6.45) is 0. The number of benzene rings is 1. The zero-order chi connectivity index (χ0) is 15.8. The van der Waals surface area contributed by atoms with Crippen molar-refractivity contribution in [2.75, 3.05) is 7.05 Å². The Balaban J connectivity index is 2.48. The van der Waals surface area contributed by atoms with Crippen LogP contribution in [0.3, 0.4) is 0 Å². The van der Waals surface area contributed by atoms with Gasteiger partial charge in [0.1, 0.15) is 11.1 Å². The van der Waals surface area contributed by atoms with Gasteiger partial charge in [-0.1, -0.05) is 12.1 Å². The maximum atomic E-state index is 11.7. The van der Waals surface area contributed by atoms with Crippen molar-refractivity contribution in [1.29, 1.82) is 0 Å². The molecule has 0 radical (unpaired) electrons. The van der Waals surface area contributed by atoms with Crippen molar-refractivity contribution in [3.05, 3.63) is 45.8 Å². The molecule has 0 aliphatic carbocycles. The van der Waals surface area contributed by atoms with E-state index >= 15 is 0 Å². The minimum absolute atomic E-state index is 0.352. The first-order chi connectivity index (χ1) is 9.71. The van der Waals surface area contributed by atoms with E-state index in [2.05, 4.69) is 0 Å². The number of hydrogen-bond acceptors (Lipinski definition) is 4. The molecule has 0 unspecified atom stereocenters. The second-order valence-electron chi connectivity index (χ2n) is 5.81. The minimum Gasteiger partial charge on any atom is -0.480 e. The Morgan fingerprint density at radius 1 is 1.33 bits per heavy atom. The Bertz CT molecular complexity index is 746. The Morgan fingerprint density at radius 2 is 2.00 bits per heavy atom. The lowest BCUT2D eigenvalue weighted by Crippen LogP contribution is -2.47. The topological polar surface area (TPSA) is 70.8 Å². The van der Waals surface area contributed by atoms with E-state index in [-0.39, 0.29) is 0 Å². The fraction of sp³-hybridized carbons (Fsp3) is 0.375. The van der Waals surface area contributed by atoms with Crippen LogP contribution in [0.4, 0.5) is 0 Å². The lowest BCUT2D eigenvalue weighted by Gasteiger charge is -2.31. The second-order valence-corrected chi connectivity index (χ2v) is 5.81. The first-order valence-electron chi connectivity index (χ1n) is 6.70. The fourth-order valence-corrected chi connectivity index (χ4v) is 2.08. The maximum absolute atomic E-state index is 11.7. The molecule has 0 fully saturated rings. The Labute approximate surface area is 122 Å². The summed E-state index contributed by atoms with van der Waals surface area (Å²) in [5.74, 6) is -0.909.